The highest BCUT2D eigenvalue weighted by atomic mass is 16.5. The molecule has 0 aliphatic rings. The number of para-hydroxylation sites is 1. The highest BCUT2D eigenvalue weighted by Crippen LogP contribution is 2.09. The Bertz CT molecular complexity index is 735. The lowest BCUT2D eigenvalue weighted by Crippen LogP contribution is -2.31. The van der Waals surface area contributed by atoms with Crippen molar-refractivity contribution < 1.29 is 19.4 Å². The molecule has 0 saturated heterocycles. The molecule has 7 nitrogen and oxygen atoms in total. The Balaban J connectivity index is 2.72. The molecule has 1 heterocycles. The molecule has 1 N–H and O–H groups in total. The molecule has 2 aromatic rings. The third kappa shape index (κ3) is 2.51. The number of hydrogen-bond donors (Lipinski definition) is 1. The number of carbonyl (C=O) groups is 2. The van der Waals surface area contributed by atoms with E-state index in [1.54, 1.807) is 25.1 Å². The average Bonchev–Trinajstić information content (AvgIpc) is 2.41. The summed E-state index contributed by atoms with van der Waals surface area (Å²) >= 11 is 0. The van der Waals surface area contributed by atoms with Gasteiger partial charge >= 0.3 is 11.9 Å². The fourth-order valence-corrected chi connectivity index (χ4v) is 1.80. The van der Waals surface area contributed by atoms with E-state index in [0.717, 1.165) is 4.57 Å². The molecule has 0 bridgehead atoms. The van der Waals surface area contributed by atoms with E-state index < -0.39 is 24.0 Å². The first-order valence-electron chi connectivity index (χ1n) is 5.93. The lowest BCUT2D eigenvalue weighted by molar-refractivity contribution is -0.137. The van der Waals surface area contributed by atoms with Gasteiger partial charge in [0.15, 0.2) is 0 Å². The van der Waals surface area contributed by atoms with Crippen LogP contribution >= 0.6 is 0 Å². The van der Waals surface area contributed by atoms with E-state index in [-0.39, 0.29) is 17.8 Å². The van der Waals surface area contributed by atoms with Gasteiger partial charge < -0.3 is 9.84 Å². The molecule has 0 amide bonds. The number of rotatable bonds is 4. The number of aromatic nitrogens is 2. The van der Waals surface area contributed by atoms with Crippen molar-refractivity contribution in [2.24, 2.45) is 0 Å². The van der Waals surface area contributed by atoms with Crippen molar-refractivity contribution in [1.29, 1.82) is 0 Å². The smallest absolute Gasteiger partial charge is 0.374 e. The van der Waals surface area contributed by atoms with E-state index >= 15 is 0 Å². The van der Waals surface area contributed by atoms with Gasteiger partial charge in [0.1, 0.15) is 6.54 Å². The van der Waals surface area contributed by atoms with Crippen LogP contribution in [0.25, 0.3) is 10.9 Å². The summed E-state index contributed by atoms with van der Waals surface area (Å²) in [4.78, 5) is 38.9. The largest absolute Gasteiger partial charge is 0.480 e. The molecule has 1 aromatic heterocycles. The number of carbonyl (C=O) groups excluding carboxylic acids is 1. The number of benzene rings is 1. The van der Waals surface area contributed by atoms with Gasteiger partial charge in [-0.25, -0.2) is 9.78 Å². The summed E-state index contributed by atoms with van der Waals surface area (Å²) in [5.74, 6) is -2.37. The number of esters is 1. The topological polar surface area (TPSA) is 98.5 Å². The molecular formula is C13H12N2O5. The van der Waals surface area contributed by atoms with Gasteiger partial charge in [-0.2, -0.15) is 0 Å². The summed E-state index contributed by atoms with van der Waals surface area (Å²) in [5.41, 5.74) is -0.261. The molecule has 20 heavy (non-hydrogen) atoms. The Morgan fingerprint density at radius 2 is 2.05 bits per heavy atom. The van der Waals surface area contributed by atoms with Crippen molar-refractivity contribution in [1.82, 2.24) is 9.55 Å². The van der Waals surface area contributed by atoms with Crippen molar-refractivity contribution in [3.63, 3.8) is 0 Å². The van der Waals surface area contributed by atoms with Gasteiger partial charge in [0, 0.05) is 0 Å². The quantitative estimate of drug-likeness (QED) is 0.823. The van der Waals surface area contributed by atoms with Gasteiger partial charge in [0.25, 0.3) is 5.56 Å². The third-order valence-electron chi connectivity index (χ3n) is 2.61. The first-order valence-corrected chi connectivity index (χ1v) is 5.93. The SMILES string of the molecule is CCOC(=O)c1nc2ccccc2c(=O)n1CC(=O)O. The highest BCUT2D eigenvalue weighted by molar-refractivity contribution is 5.89. The fraction of sp³-hybridized carbons (Fsp3) is 0.231. The van der Waals surface area contributed by atoms with E-state index in [9.17, 15) is 14.4 Å². The Morgan fingerprint density at radius 3 is 2.70 bits per heavy atom. The molecule has 1 aromatic carbocycles. The van der Waals surface area contributed by atoms with E-state index in [1.165, 1.54) is 6.07 Å². The van der Waals surface area contributed by atoms with Gasteiger partial charge in [0.2, 0.25) is 5.82 Å². The zero-order chi connectivity index (χ0) is 14.7. The van der Waals surface area contributed by atoms with Crippen LogP contribution < -0.4 is 5.56 Å². The number of fused-ring (bicyclic) bond motifs is 1. The maximum atomic E-state index is 12.2. The van der Waals surface area contributed by atoms with Crippen LogP contribution in [-0.4, -0.2) is 33.2 Å². The van der Waals surface area contributed by atoms with Gasteiger partial charge in [-0.05, 0) is 19.1 Å². The number of hydrogen-bond acceptors (Lipinski definition) is 5. The highest BCUT2D eigenvalue weighted by Gasteiger charge is 2.19. The second-order valence-electron chi connectivity index (χ2n) is 3.96. The molecule has 0 aliphatic heterocycles. The predicted molar refractivity (Wildman–Crippen MR) is 69.6 cm³/mol. The molecule has 0 spiro atoms. The van der Waals surface area contributed by atoms with Crippen molar-refractivity contribution >= 4 is 22.8 Å². The second kappa shape index (κ2) is 5.52. The molecular weight excluding hydrogens is 264 g/mol. The van der Waals surface area contributed by atoms with Crippen LogP contribution in [0.1, 0.15) is 17.5 Å². The number of carboxylic acids is 1. The molecule has 0 unspecified atom stereocenters. The molecule has 0 aliphatic carbocycles. The van der Waals surface area contributed by atoms with E-state index in [4.69, 9.17) is 9.84 Å². The molecule has 0 atom stereocenters. The van der Waals surface area contributed by atoms with Crippen LogP contribution in [-0.2, 0) is 16.1 Å². The van der Waals surface area contributed by atoms with Crippen LogP contribution in [0.4, 0.5) is 0 Å². The van der Waals surface area contributed by atoms with E-state index in [0.29, 0.717) is 5.52 Å². The van der Waals surface area contributed by atoms with Gasteiger partial charge in [-0.3, -0.25) is 14.2 Å². The Kier molecular flexibility index (Phi) is 3.79. The monoisotopic (exact) mass is 276 g/mol. The fourth-order valence-electron chi connectivity index (χ4n) is 1.80. The summed E-state index contributed by atoms with van der Waals surface area (Å²) in [6.45, 7) is 1.07. The molecule has 0 radical (unpaired) electrons. The summed E-state index contributed by atoms with van der Waals surface area (Å²) in [5, 5.41) is 9.11. The number of aliphatic carboxylic acids is 1. The molecule has 0 fully saturated rings. The Hall–Kier alpha value is -2.70. The van der Waals surface area contributed by atoms with E-state index in [1.807, 2.05) is 0 Å². The Labute approximate surface area is 113 Å². The summed E-state index contributed by atoms with van der Waals surface area (Å²) in [7, 11) is 0. The number of carboxylic acid groups (broad SMARTS) is 1. The second-order valence-corrected chi connectivity index (χ2v) is 3.96. The first kappa shape index (κ1) is 13.7. The van der Waals surface area contributed by atoms with Crippen molar-refractivity contribution in [3.8, 4) is 0 Å². The maximum Gasteiger partial charge on any atom is 0.374 e. The minimum absolute atomic E-state index is 0.106. The summed E-state index contributed by atoms with van der Waals surface area (Å²) in [6, 6.07) is 6.41. The number of nitrogens with zero attached hydrogens (tertiary/aromatic N) is 2. The van der Waals surface area contributed by atoms with Crippen LogP contribution in [0.3, 0.4) is 0 Å². The van der Waals surface area contributed by atoms with Crippen molar-refractivity contribution in [2.75, 3.05) is 6.61 Å². The lowest BCUT2D eigenvalue weighted by Gasteiger charge is -2.10. The minimum Gasteiger partial charge on any atom is -0.480 e. The zero-order valence-corrected chi connectivity index (χ0v) is 10.7. The predicted octanol–water partition coefficient (Wildman–Crippen LogP) is 0.658. The van der Waals surface area contributed by atoms with Gasteiger partial charge in [0.05, 0.1) is 17.5 Å². The van der Waals surface area contributed by atoms with Gasteiger partial charge in [-0.1, -0.05) is 12.1 Å². The molecule has 0 saturated carbocycles. The summed E-state index contributed by atoms with van der Waals surface area (Å²) < 4.78 is 5.61. The minimum atomic E-state index is -1.24. The average molecular weight is 276 g/mol. The zero-order valence-electron chi connectivity index (χ0n) is 10.7. The van der Waals surface area contributed by atoms with Crippen LogP contribution in [0.2, 0.25) is 0 Å². The molecule has 104 valence electrons. The lowest BCUT2D eigenvalue weighted by atomic mass is 10.2. The van der Waals surface area contributed by atoms with Crippen molar-refractivity contribution in [2.45, 2.75) is 13.5 Å². The molecule has 2 rings (SSSR count). The first-order chi connectivity index (χ1) is 9.54. The van der Waals surface area contributed by atoms with Gasteiger partial charge in [-0.15, -0.1) is 0 Å². The van der Waals surface area contributed by atoms with Crippen LogP contribution in [0, 0.1) is 0 Å². The van der Waals surface area contributed by atoms with E-state index in [2.05, 4.69) is 4.98 Å². The third-order valence-corrected chi connectivity index (χ3v) is 2.61. The standard InChI is InChI=1S/C13H12N2O5/c1-2-20-13(19)11-14-9-6-4-3-5-8(9)12(18)15(11)7-10(16)17/h3-6H,2,7H2,1H3,(H,16,17). The van der Waals surface area contributed by atoms with Crippen LogP contribution in [0.5, 0.6) is 0 Å². The number of ether oxygens (including phenoxy) is 1. The summed E-state index contributed by atoms with van der Waals surface area (Å²) in [6.07, 6.45) is 0. The normalized spacial score (nSPS) is 10.4. The van der Waals surface area contributed by atoms with Crippen molar-refractivity contribution in [3.05, 3.63) is 40.4 Å². The molecule has 7 heteroatoms. The van der Waals surface area contributed by atoms with Crippen LogP contribution in [0.15, 0.2) is 29.1 Å². The maximum absolute atomic E-state index is 12.2. The Morgan fingerprint density at radius 1 is 1.35 bits per heavy atom.